The molecule has 0 radical (unpaired) electrons. The topological polar surface area (TPSA) is 0 Å². The molecule has 4 heteroatoms. The molecule has 0 rings (SSSR count). The van der Waals surface area contributed by atoms with Gasteiger partial charge in [-0.1, -0.05) is 0 Å². The fourth-order valence-electron chi connectivity index (χ4n) is 0. The van der Waals surface area contributed by atoms with Crippen molar-refractivity contribution >= 4 is 40.6 Å². The summed E-state index contributed by atoms with van der Waals surface area (Å²) in [7, 11) is 13.6. The van der Waals surface area contributed by atoms with Crippen LogP contribution in [0.4, 0.5) is 0 Å². The summed E-state index contributed by atoms with van der Waals surface area (Å²) >= 11 is 0. The van der Waals surface area contributed by atoms with E-state index in [0.29, 0.717) is 0 Å². The van der Waals surface area contributed by atoms with Crippen LogP contribution in [0.1, 0.15) is 0 Å². The summed E-state index contributed by atoms with van der Waals surface area (Å²) in [6.45, 7) is 0. The Morgan fingerprint density at radius 3 is 1.00 bits per heavy atom. The van der Waals surface area contributed by atoms with Gasteiger partial charge < -0.3 is 0 Å². The van der Waals surface area contributed by atoms with Gasteiger partial charge in [-0.2, -0.15) is 0 Å². The van der Waals surface area contributed by atoms with Crippen LogP contribution in [-0.2, 0) is 8.54 Å². The molecule has 0 aliphatic heterocycles. The van der Waals surface area contributed by atoms with E-state index in [4.69, 9.17) is 32.0 Å². The van der Waals surface area contributed by atoms with E-state index < -0.39 is 8.54 Å². The molecular weight excluding hydrogens is 138 g/mol. The smallest absolute Gasteiger partial charge is 0.223 e. The predicted molar refractivity (Wildman–Crippen MR) is 24.9 cm³/mol. The normalized spacial score (nSPS) is 9.00. The zero-order valence-corrected chi connectivity index (χ0v) is 4.63. The fraction of sp³-hybridized carbons (Fsp3) is 0. The van der Waals surface area contributed by atoms with Crippen molar-refractivity contribution in [3.63, 3.8) is 0 Å². The SMILES string of the molecule is Cl[S+](Cl)Cl. The van der Waals surface area contributed by atoms with Crippen LogP contribution >= 0.6 is 32.0 Å². The molecule has 0 aromatic rings. The van der Waals surface area contributed by atoms with Crippen molar-refractivity contribution in [3.05, 3.63) is 0 Å². The molecule has 0 spiro atoms. The molecule has 0 saturated heterocycles. The molecule has 0 saturated carbocycles. The fourth-order valence-corrected chi connectivity index (χ4v) is 0. The van der Waals surface area contributed by atoms with Gasteiger partial charge in [-0.25, -0.2) is 0 Å². The summed E-state index contributed by atoms with van der Waals surface area (Å²) in [6, 6.07) is 0. The first kappa shape index (κ1) is 5.22. The summed E-state index contributed by atoms with van der Waals surface area (Å²) in [5.41, 5.74) is 0. The van der Waals surface area contributed by atoms with Gasteiger partial charge >= 0.3 is 8.54 Å². The minimum absolute atomic E-state index is 0.944. The molecule has 0 aromatic heterocycles. The molecule has 4 heavy (non-hydrogen) atoms. The number of rotatable bonds is 0. The molecule has 0 unspecified atom stereocenters. The minimum Gasteiger partial charge on any atom is 0.223 e. The third kappa shape index (κ3) is 10.7. The average molecular weight is 138 g/mol. The molecule has 0 fully saturated rings. The lowest BCUT2D eigenvalue weighted by Gasteiger charge is -1.45. The van der Waals surface area contributed by atoms with Gasteiger partial charge in [-0.3, -0.25) is 0 Å². The molecule has 0 aromatic carbocycles. The summed E-state index contributed by atoms with van der Waals surface area (Å²) in [5.74, 6) is 0. The monoisotopic (exact) mass is 137 g/mol. The van der Waals surface area contributed by atoms with E-state index >= 15 is 0 Å². The standard InChI is InChI=1S/Cl3S/c1-4(2)3/q+1. The van der Waals surface area contributed by atoms with Crippen molar-refractivity contribution < 1.29 is 0 Å². The highest BCUT2D eigenvalue weighted by Gasteiger charge is 2.01. The first-order chi connectivity index (χ1) is 1.73. The molecule has 26 valence electrons. The van der Waals surface area contributed by atoms with Gasteiger partial charge in [-0.05, 0) is 0 Å². The minimum atomic E-state index is -0.944. The van der Waals surface area contributed by atoms with Crippen molar-refractivity contribution in [2.24, 2.45) is 0 Å². The first-order valence-corrected chi connectivity index (χ1v) is 4.17. The summed E-state index contributed by atoms with van der Waals surface area (Å²) in [5, 5.41) is 0. The number of halogens is 3. The van der Waals surface area contributed by atoms with E-state index in [1.54, 1.807) is 0 Å². The molecule has 0 aliphatic rings. The summed E-state index contributed by atoms with van der Waals surface area (Å²) < 4.78 is 0. The van der Waals surface area contributed by atoms with E-state index in [1.807, 2.05) is 0 Å². The van der Waals surface area contributed by atoms with Crippen LogP contribution in [0.25, 0.3) is 0 Å². The Bertz CT molecular complexity index is 8.00. The summed E-state index contributed by atoms with van der Waals surface area (Å²) in [6.07, 6.45) is 0. The van der Waals surface area contributed by atoms with Crippen LogP contribution in [0.15, 0.2) is 0 Å². The maximum absolute atomic E-state index is 4.83. The highest BCUT2D eigenvalue weighted by Crippen LogP contribution is 2.11. The lowest BCUT2D eigenvalue weighted by atomic mass is 31.3. The third-order valence-electron chi connectivity index (χ3n) is 0. The molecular formula is Cl3S+. The molecule has 0 bridgehead atoms. The molecule has 0 heterocycles. The Hall–Kier alpha value is 1.22. The summed E-state index contributed by atoms with van der Waals surface area (Å²) in [4.78, 5) is 0. The Balaban J connectivity index is 2.32. The zero-order valence-electron chi connectivity index (χ0n) is 1.54. The maximum Gasteiger partial charge on any atom is 0.331 e. The van der Waals surface area contributed by atoms with E-state index in [1.165, 1.54) is 0 Å². The van der Waals surface area contributed by atoms with Crippen LogP contribution in [-0.4, -0.2) is 0 Å². The van der Waals surface area contributed by atoms with E-state index in [0.717, 1.165) is 0 Å². The average Bonchev–Trinajstić information content (AvgIpc) is 0.811. The third-order valence-corrected chi connectivity index (χ3v) is 0. The van der Waals surface area contributed by atoms with Crippen LogP contribution in [0.3, 0.4) is 0 Å². The lowest BCUT2D eigenvalue weighted by Crippen LogP contribution is -1.42. The number of hydrogen-bond acceptors (Lipinski definition) is 0. The van der Waals surface area contributed by atoms with Crippen LogP contribution in [0.5, 0.6) is 0 Å². The quantitative estimate of drug-likeness (QED) is 0.450. The Morgan fingerprint density at radius 2 is 1.00 bits per heavy atom. The van der Waals surface area contributed by atoms with E-state index in [9.17, 15) is 0 Å². The van der Waals surface area contributed by atoms with Crippen LogP contribution < -0.4 is 0 Å². The largest absolute Gasteiger partial charge is 0.331 e. The maximum atomic E-state index is 4.83. The highest BCUT2D eigenvalue weighted by atomic mass is 36.2. The van der Waals surface area contributed by atoms with Crippen LogP contribution in [0, 0.1) is 0 Å². The first-order valence-electron chi connectivity index (χ1n) is 0.463. The molecule has 0 atom stereocenters. The molecule has 0 nitrogen and oxygen atoms in total. The predicted octanol–water partition coefficient (Wildman–Crippen LogP) is 2.07. The Kier molecular flexibility index (Phi) is 3.21. The van der Waals surface area contributed by atoms with Crippen molar-refractivity contribution in [2.45, 2.75) is 0 Å². The van der Waals surface area contributed by atoms with Crippen molar-refractivity contribution in [3.8, 4) is 0 Å². The van der Waals surface area contributed by atoms with Crippen LogP contribution in [0.2, 0.25) is 0 Å². The second-order valence-corrected chi connectivity index (χ2v) is 4.72. The zero-order chi connectivity index (χ0) is 3.58. The Morgan fingerprint density at radius 1 is 1.00 bits per heavy atom. The van der Waals surface area contributed by atoms with Crippen molar-refractivity contribution in [2.75, 3.05) is 0 Å². The van der Waals surface area contributed by atoms with Gasteiger partial charge in [0.1, 0.15) is 0 Å². The van der Waals surface area contributed by atoms with Gasteiger partial charge in [0.05, 0.1) is 0 Å². The molecule has 0 amide bonds. The van der Waals surface area contributed by atoms with E-state index in [2.05, 4.69) is 0 Å². The van der Waals surface area contributed by atoms with Gasteiger partial charge in [-0.15, -0.1) is 0 Å². The van der Waals surface area contributed by atoms with Gasteiger partial charge in [0.25, 0.3) is 0 Å². The van der Waals surface area contributed by atoms with Gasteiger partial charge in [0.2, 0.25) is 32.0 Å². The van der Waals surface area contributed by atoms with Crippen molar-refractivity contribution in [1.82, 2.24) is 0 Å². The van der Waals surface area contributed by atoms with Gasteiger partial charge in [0, 0.05) is 0 Å². The highest BCUT2D eigenvalue weighted by molar-refractivity contribution is 8.50. The van der Waals surface area contributed by atoms with Crippen molar-refractivity contribution in [1.29, 1.82) is 0 Å². The lowest BCUT2D eigenvalue weighted by molar-refractivity contribution is 4.72. The molecule has 0 N–H and O–H groups in total. The van der Waals surface area contributed by atoms with Gasteiger partial charge in [0.15, 0.2) is 0 Å². The van der Waals surface area contributed by atoms with E-state index in [-0.39, 0.29) is 0 Å². The second kappa shape index (κ2) is 2.46. The second-order valence-electron chi connectivity index (χ2n) is 0.175. The molecule has 0 aliphatic carbocycles. The number of hydrogen-bond donors (Lipinski definition) is 0. The Labute approximate surface area is 40.9 Å².